The number of rotatable bonds is 8. The Hall–Kier alpha value is -2.42. The second-order valence-corrected chi connectivity index (χ2v) is 9.93. The second kappa shape index (κ2) is 11.1. The highest BCUT2D eigenvalue weighted by Gasteiger charge is 2.23. The van der Waals surface area contributed by atoms with Crippen LogP contribution in [0.3, 0.4) is 0 Å². The van der Waals surface area contributed by atoms with E-state index in [9.17, 15) is 9.18 Å². The molecule has 1 aromatic heterocycles. The molecule has 6 nitrogen and oxygen atoms in total. The van der Waals surface area contributed by atoms with Gasteiger partial charge in [-0.15, -0.1) is 10.2 Å². The minimum atomic E-state index is -0.566. The highest BCUT2D eigenvalue weighted by Crippen LogP contribution is 2.26. The number of carbonyl (C=O) groups excluding carboxylic acids is 1. The molecule has 4 rings (SSSR count). The van der Waals surface area contributed by atoms with E-state index in [4.69, 9.17) is 11.6 Å². The van der Waals surface area contributed by atoms with Crippen LogP contribution < -0.4 is 5.32 Å². The molecule has 1 amide bonds. The maximum absolute atomic E-state index is 14.1. The van der Waals surface area contributed by atoms with Crippen molar-refractivity contribution in [3.8, 4) is 0 Å². The summed E-state index contributed by atoms with van der Waals surface area (Å²) in [5, 5.41) is 12.0. The Morgan fingerprint density at radius 3 is 2.61 bits per heavy atom. The molecule has 1 atom stereocenters. The van der Waals surface area contributed by atoms with Crippen LogP contribution in [0, 0.1) is 5.82 Å². The van der Waals surface area contributed by atoms with Gasteiger partial charge in [0.2, 0.25) is 5.91 Å². The van der Waals surface area contributed by atoms with E-state index < -0.39 is 11.1 Å². The van der Waals surface area contributed by atoms with Crippen LogP contribution in [-0.2, 0) is 17.9 Å². The molecule has 1 saturated heterocycles. The minimum Gasteiger partial charge on any atom is -0.323 e. The van der Waals surface area contributed by atoms with Gasteiger partial charge in [-0.2, -0.15) is 0 Å². The molecule has 0 saturated carbocycles. The second-order valence-electron chi connectivity index (χ2n) is 8.18. The number of nitrogens with zero attached hydrogens (tertiary/aromatic N) is 4. The zero-order valence-corrected chi connectivity index (χ0v) is 20.1. The van der Waals surface area contributed by atoms with Crippen LogP contribution in [-0.4, -0.2) is 43.9 Å². The molecule has 0 spiro atoms. The fraction of sp³-hybridized carbons (Fsp3) is 0.375. The molecule has 2 heterocycles. The van der Waals surface area contributed by atoms with Crippen LogP contribution in [0.25, 0.3) is 0 Å². The van der Waals surface area contributed by atoms with Gasteiger partial charge >= 0.3 is 0 Å². The van der Waals surface area contributed by atoms with Crippen LogP contribution >= 0.6 is 23.4 Å². The predicted molar refractivity (Wildman–Crippen MR) is 130 cm³/mol. The Bertz CT molecular complexity index is 1090. The summed E-state index contributed by atoms with van der Waals surface area (Å²) in [5.74, 6) is 0.0109. The molecule has 1 fully saturated rings. The Morgan fingerprint density at radius 2 is 1.88 bits per heavy atom. The van der Waals surface area contributed by atoms with Gasteiger partial charge in [0, 0.05) is 5.02 Å². The number of aromatic nitrogens is 3. The number of carbonyl (C=O) groups is 1. The van der Waals surface area contributed by atoms with E-state index in [0.717, 1.165) is 31.0 Å². The van der Waals surface area contributed by atoms with Crippen LogP contribution in [0.1, 0.15) is 37.6 Å². The lowest BCUT2D eigenvalue weighted by Gasteiger charge is -2.26. The lowest BCUT2D eigenvalue weighted by molar-refractivity contribution is -0.115. The van der Waals surface area contributed by atoms with Crippen LogP contribution in [0.4, 0.5) is 10.1 Å². The Morgan fingerprint density at radius 1 is 1.12 bits per heavy atom. The van der Waals surface area contributed by atoms with E-state index in [-0.39, 0.29) is 16.6 Å². The van der Waals surface area contributed by atoms with Gasteiger partial charge in [-0.1, -0.05) is 60.1 Å². The molecule has 33 heavy (non-hydrogen) atoms. The van der Waals surface area contributed by atoms with Crippen molar-refractivity contribution in [2.45, 2.75) is 49.7 Å². The van der Waals surface area contributed by atoms with E-state index in [1.807, 2.05) is 18.2 Å². The molecule has 1 aliphatic rings. The van der Waals surface area contributed by atoms with Gasteiger partial charge in [0.1, 0.15) is 11.6 Å². The molecule has 0 aliphatic carbocycles. The van der Waals surface area contributed by atoms with E-state index in [0.29, 0.717) is 11.7 Å². The molecule has 9 heteroatoms. The fourth-order valence-corrected chi connectivity index (χ4v) is 4.83. The number of likely N-dealkylation sites (tertiary alicyclic amines) is 1. The monoisotopic (exact) mass is 487 g/mol. The zero-order valence-electron chi connectivity index (χ0n) is 18.5. The largest absolute Gasteiger partial charge is 0.323 e. The van der Waals surface area contributed by atoms with Gasteiger partial charge in [-0.25, -0.2) is 4.39 Å². The number of thioether (sulfide) groups is 1. The lowest BCUT2D eigenvalue weighted by atomic mass is 10.1. The first kappa shape index (κ1) is 23.7. The van der Waals surface area contributed by atoms with Gasteiger partial charge in [0.05, 0.1) is 24.0 Å². The van der Waals surface area contributed by atoms with Crippen molar-refractivity contribution < 1.29 is 9.18 Å². The number of piperidine rings is 1. The number of anilines is 1. The predicted octanol–water partition coefficient (Wildman–Crippen LogP) is 5.22. The SMILES string of the molecule is CC(Sc1nnc(CN2CCCCC2)n1Cc1ccccc1)C(=O)Nc1ccc(Cl)cc1F. The third kappa shape index (κ3) is 6.34. The fourth-order valence-electron chi connectivity index (χ4n) is 3.80. The van der Waals surface area contributed by atoms with Gasteiger partial charge in [-0.05, 0) is 56.6 Å². The Balaban J connectivity index is 1.50. The van der Waals surface area contributed by atoms with Crippen LogP contribution in [0.15, 0.2) is 53.7 Å². The molecule has 1 aliphatic heterocycles. The first-order chi connectivity index (χ1) is 16.0. The smallest absolute Gasteiger partial charge is 0.237 e. The van der Waals surface area contributed by atoms with Crippen molar-refractivity contribution in [1.29, 1.82) is 0 Å². The average Bonchev–Trinajstić information content (AvgIpc) is 3.17. The number of amides is 1. The zero-order chi connectivity index (χ0) is 23.2. The molecule has 3 aromatic rings. The topological polar surface area (TPSA) is 63.1 Å². The standard InChI is InChI=1S/C24H27ClFN5OS/c1-17(23(32)27-21-11-10-19(25)14-20(21)26)33-24-29-28-22(16-30-12-6-3-7-13-30)31(24)15-18-8-4-2-5-9-18/h2,4-5,8-11,14,17H,3,6-7,12-13,15-16H2,1H3,(H,27,32). The maximum atomic E-state index is 14.1. The summed E-state index contributed by atoms with van der Waals surface area (Å²) in [6.07, 6.45) is 3.68. The first-order valence-corrected chi connectivity index (χ1v) is 12.4. The minimum absolute atomic E-state index is 0.105. The lowest BCUT2D eigenvalue weighted by Crippen LogP contribution is -2.30. The highest BCUT2D eigenvalue weighted by atomic mass is 35.5. The van der Waals surface area contributed by atoms with Crippen molar-refractivity contribution in [1.82, 2.24) is 19.7 Å². The third-order valence-electron chi connectivity index (χ3n) is 5.63. The van der Waals surface area contributed by atoms with Crippen molar-refractivity contribution in [2.75, 3.05) is 18.4 Å². The van der Waals surface area contributed by atoms with Crippen LogP contribution in [0.2, 0.25) is 5.02 Å². The first-order valence-electron chi connectivity index (χ1n) is 11.1. The summed E-state index contributed by atoms with van der Waals surface area (Å²) in [6, 6.07) is 14.3. The number of hydrogen-bond acceptors (Lipinski definition) is 5. The number of hydrogen-bond donors (Lipinski definition) is 1. The summed E-state index contributed by atoms with van der Waals surface area (Å²) in [7, 11) is 0. The van der Waals surface area contributed by atoms with E-state index in [2.05, 4.69) is 37.1 Å². The highest BCUT2D eigenvalue weighted by molar-refractivity contribution is 8.00. The molecule has 174 valence electrons. The third-order valence-corrected chi connectivity index (χ3v) is 6.95. The van der Waals surface area contributed by atoms with E-state index in [1.165, 1.54) is 43.2 Å². The van der Waals surface area contributed by atoms with Crippen molar-refractivity contribution in [2.24, 2.45) is 0 Å². The summed E-state index contributed by atoms with van der Waals surface area (Å²) >= 11 is 7.12. The number of nitrogens with one attached hydrogen (secondary N) is 1. The maximum Gasteiger partial charge on any atom is 0.237 e. The molecular weight excluding hydrogens is 461 g/mol. The van der Waals surface area contributed by atoms with Crippen molar-refractivity contribution in [3.05, 3.63) is 70.8 Å². The Labute approximate surface area is 202 Å². The Kier molecular flexibility index (Phi) is 8.01. The average molecular weight is 488 g/mol. The molecule has 2 aromatic carbocycles. The normalized spacial score (nSPS) is 15.4. The molecular formula is C24H27ClFN5OS. The summed E-state index contributed by atoms with van der Waals surface area (Å²) in [6.45, 7) is 5.26. The summed E-state index contributed by atoms with van der Waals surface area (Å²) in [5.41, 5.74) is 1.24. The molecule has 0 bridgehead atoms. The van der Waals surface area contributed by atoms with Crippen LogP contribution in [0.5, 0.6) is 0 Å². The molecule has 1 unspecified atom stereocenters. The van der Waals surface area contributed by atoms with E-state index >= 15 is 0 Å². The summed E-state index contributed by atoms with van der Waals surface area (Å²) in [4.78, 5) is 15.2. The number of halogens is 2. The summed E-state index contributed by atoms with van der Waals surface area (Å²) < 4.78 is 16.2. The van der Waals surface area contributed by atoms with Crippen molar-refractivity contribution >= 4 is 35.0 Å². The van der Waals surface area contributed by atoms with E-state index in [1.54, 1.807) is 13.0 Å². The van der Waals surface area contributed by atoms with Gasteiger partial charge in [0.15, 0.2) is 5.16 Å². The van der Waals surface area contributed by atoms with Gasteiger partial charge in [-0.3, -0.25) is 9.69 Å². The number of benzene rings is 2. The molecule has 0 radical (unpaired) electrons. The van der Waals surface area contributed by atoms with Gasteiger partial charge in [0.25, 0.3) is 0 Å². The quantitative estimate of drug-likeness (QED) is 0.441. The van der Waals surface area contributed by atoms with Crippen molar-refractivity contribution in [3.63, 3.8) is 0 Å². The van der Waals surface area contributed by atoms with Gasteiger partial charge < -0.3 is 9.88 Å². The molecule has 1 N–H and O–H groups in total.